The summed E-state index contributed by atoms with van der Waals surface area (Å²) in [6.07, 6.45) is 6.34. The predicted octanol–water partition coefficient (Wildman–Crippen LogP) is 2.34. The first kappa shape index (κ1) is 17.3. The van der Waals surface area contributed by atoms with Gasteiger partial charge >= 0.3 is 5.97 Å². The Morgan fingerprint density at radius 3 is 2.61 bits per heavy atom. The molecule has 4 heterocycles. The van der Waals surface area contributed by atoms with Crippen molar-refractivity contribution in [1.29, 1.82) is 0 Å². The molecule has 4 aromatic rings. The molecule has 0 bridgehead atoms. The number of rotatable bonds is 4. The van der Waals surface area contributed by atoms with Crippen LogP contribution in [0.3, 0.4) is 0 Å². The highest BCUT2D eigenvalue weighted by molar-refractivity contribution is 5.92. The number of amides is 1. The highest BCUT2D eigenvalue weighted by atomic mass is 16.5. The molecule has 0 saturated heterocycles. The zero-order chi connectivity index (χ0) is 19.7. The van der Waals surface area contributed by atoms with Gasteiger partial charge in [0.15, 0.2) is 0 Å². The number of ether oxygens (including phenoxy) is 1. The van der Waals surface area contributed by atoms with E-state index in [1.807, 2.05) is 18.2 Å². The number of hydrogen-bond donors (Lipinski definition) is 1. The number of fused-ring (bicyclic) bond motifs is 1. The molecule has 138 valence electrons. The normalized spacial score (nSPS) is 10.8. The van der Waals surface area contributed by atoms with Crippen LogP contribution in [-0.4, -0.2) is 38.3 Å². The van der Waals surface area contributed by atoms with Gasteiger partial charge in [0.2, 0.25) is 0 Å². The zero-order valence-corrected chi connectivity index (χ0v) is 14.9. The largest absolute Gasteiger partial charge is 0.465 e. The summed E-state index contributed by atoms with van der Waals surface area (Å²) in [4.78, 5) is 36.2. The second-order valence-corrected chi connectivity index (χ2v) is 5.98. The number of nitrogens with zero attached hydrogens (tertiary/aromatic N) is 4. The van der Waals surface area contributed by atoms with Gasteiger partial charge in [-0.05, 0) is 30.3 Å². The Balaban J connectivity index is 1.82. The first-order valence-electron chi connectivity index (χ1n) is 8.35. The van der Waals surface area contributed by atoms with E-state index < -0.39 is 11.9 Å². The van der Waals surface area contributed by atoms with E-state index in [0.29, 0.717) is 28.3 Å². The maximum atomic E-state index is 11.6. The first-order chi connectivity index (χ1) is 13.6. The van der Waals surface area contributed by atoms with Crippen LogP contribution in [-0.2, 0) is 4.74 Å². The van der Waals surface area contributed by atoms with Crippen LogP contribution in [0.5, 0.6) is 0 Å². The number of carbonyl (C=O) groups is 2. The first-order valence-corrected chi connectivity index (χ1v) is 8.35. The molecule has 0 aromatic carbocycles. The van der Waals surface area contributed by atoms with E-state index in [2.05, 4.69) is 15.0 Å². The van der Waals surface area contributed by atoms with Crippen LogP contribution in [0.25, 0.3) is 28.2 Å². The van der Waals surface area contributed by atoms with Gasteiger partial charge in [-0.1, -0.05) is 6.07 Å². The second kappa shape index (κ2) is 6.92. The third-order valence-electron chi connectivity index (χ3n) is 4.30. The molecule has 0 fully saturated rings. The maximum Gasteiger partial charge on any atom is 0.339 e. The minimum absolute atomic E-state index is 0.294. The number of esters is 1. The fourth-order valence-corrected chi connectivity index (χ4v) is 2.94. The van der Waals surface area contributed by atoms with Gasteiger partial charge in [0.25, 0.3) is 5.91 Å². The number of nitrogens with two attached hydrogens (primary N) is 1. The quantitative estimate of drug-likeness (QED) is 0.550. The van der Waals surface area contributed by atoms with Crippen molar-refractivity contribution in [3.63, 3.8) is 0 Å². The molecule has 0 aliphatic heterocycles. The van der Waals surface area contributed by atoms with Gasteiger partial charge in [-0.25, -0.2) is 9.78 Å². The summed E-state index contributed by atoms with van der Waals surface area (Å²) in [7, 11) is 1.32. The summed E-state index contributed by atoms with van der Waals surface area (Å²) in [5.74, 6) is -1.01. The lowest BCUT2D eigenvalue weighted by Crippen LogP contribution is -2.13. The zero-order valence-electron chi connectivity index (χ0n) is 14.9. The molecule has 8 heteroatoms. The van der Waals surface area contributed by atoms with Crippen LogP contribution in [0.2, 0.25) is 0 Å². The van der Waals surface area contributed by atoms with Crippen LogP contribution in [0.4, 0.5) is 0 Å². The fourth-order valence-electron chi connectivity index (χ4n) is 2.94. The number of carbonyl (C=O) groups excluding carboxylic acids is 2. The van der Waals surface area contributed by atoms with Gasteiger partial charge in [0, 0.05) is 29.7 Å². The van der Waals surface area contributed by atoms with E-state index in [4.69, 9.17) is 10.5 Å². The standard InChI is InChI=1S/C20H15N5O3/c1-28-20(27)12-4-6-15(23-9-12)18-14(3-2-8-22-18)13-5-7-17-24-10-16(19(21)26)25(17)11-13/h2-11H,1H3,(H2,21,26). The molecule has 0 aliphatic rings. The summed E-state index contributed by atoms with van der Waals surface area (Å²) in [5.41, 5.74) is 9.55. The summed E-state index contributed by atoms with van der Waals surface area (Å²) >= 11 is 0. The van der Waals surface area contributed by atoms with Gasteiger partial charge in [-0.15, -0.1) is 0 Å². The molecule has 0 radical (unpaired) electrons. The lowest BCUT2D eigenvalue weighted by Gasteiger charge is -2.10. The molecule has 4 rings (SSSR count). The Morgan fingerprint density at radius 2 is 1.89 bits per heavy atom. The number of imidazole rings is 1. The van der Waals surface area contributed by atoms with Gasteiger partial charge < -0.3 is 10.5 Å². The number of hydrogen-bond acceptors (Lipinski definition) is 6. The predicted molar refractivity (Wildman–Crippen MR) is 102 cm³/mol. The minimum Gasteiger partial charge on any atom is -0.465 e. The average Bonchev–Trinajstić information content (AvgIpc) is 3.17. The Kier molecular flexibility index (Phi) is 4.29. The van der Waals surface area contributed by atoms with Crippen molar-refractivity contribution in [1.82, 2.24) is 19.4 Å². The van der Waals surface area contributed by atoms with Gasteiger partial charge in [-0.2, -0.15) is 0 Å². The molecule has 2 N–H and O–H groups in total. The van der Waals surface area contributed by atoms with Crippen molar-refractivity contribution < 1.29 is 14.3 Å². The summed E-state index contributed by atoms with van der Waals surface area (Å²) in [6.45, 7) is 0. The van der Waals surface area contributed by atoms with Crippen LogP contribution in [0, 0.1) is 0 Å². The lowest BCUT2D eigenvalue weighted by atomic mass is 10.0. The lowest BCUT2D eigenvalue weighted by molar-refractivity contribution is 0.0600. The molecule has 1 amide bonds. The third kappa shape index (κ3) is 2.96. The number of pyridine rings is 3. The van der Waals surface area contributed by atoms with E-state index in [0.717, 1.165) is 11.1 Å². The van der Waals surface area contributed by atoms with Gasteiger partial charge in [0.05, 0.1) is 30.3 Å². The SMILES string of the molecule is COC(=O)c1ccc(-c2ncccc2-c2ccc3ncc(C(N)=O)n3c2)nc1. The average molecular weight is 373 g/mol. The van der Waals surface area contributed by atoms with E-state index in [9.17, 15) is 9.59 Å². The molecule has 0 aliphatic carbocycles. The fraction of sp³-hybridized carbons (Fsp3) is 0.0500. The molecule has 0 unspecified atom stereocenters. The Bertz CT molecular complexity index is 1200. The van der Waals surface area contributed by atoms with E-state index in [1.165, 1.54) is 19.5 Å². The van der Waals surface area contributed by atoms with Gasteiger partial charge in [-0.3, -0.25) is 19.2 Å². The van der Waals surface area contributed by atoms with Crippen LogP contribution < -0.4 is 5.73 Å². The van der Waals surface area contributed by atoms with Crippen LogP contribution in [0.1, 0.15) is 20.8 Å². The van der Waals surface area contributed by atoms with Crippen molar-refractivity contribution in [2.45, 2.75) is 0 Å². The molecular weight excluding hydrogens is 358 g/mol. The number of primary amides is 1. The second-order valence-electron chi connectivity index (χ2n) is 5.98. The number of aromatic nitrogens is 4. The highest BCUT2D eigenvalue weighted by Gasteiger charge is 2.14. The molecule has 0 spiro atoms. The molecule has 4 aromatic heterocycles. The van der Waals surface area contributed by atoms with Crippen molar-refractivity contribution in [3.8, 4) is 22.5 Å². The molecular formula is C20H15N5O3. The van der Waals surface area contributed by atoms with Crippen molar-refractivity contribution in [3.05, 3.63) is 72.4 Å². The Morgan fingerprint density at radius 1 is 1.04 bits per heavy atom. The molecule has 8 nitrogen and oxygen atoms in total. The highest BCUT2D eigenvalue weighted by Crippen LogP contribution is 2.29. The van der Waals surface area contributed by atoms with E-state index >= 15 is 0 Å². The Hall–Kier alpha value is -4.07. The van der Waals surface area contributed by atoms with Crippen LogP contribution in [0.15, 0.2) is 61.2 Å². The minimum atomic E-state index is -0.559. The molecule has 28 heavy (non-hydrogen) atoms. The van der Waals surface area contributed by atoms with E-state index in [1.54, 1.807) is 35.0 Å². The van der Waals surface area contributed by atoms with E-state index in [-0.39, 0.29) is 0 Å². The summed E-state index contributed by atoms with van der Waals surface area (Å²) < 4.78 is 6.34. The van der Waals surface area contributed by atoms with Gasteiger partial charge in [0.1, 0.15) is 11.3 Å². The van der Waals surface area contributed by atoms with Crippen molar-refractivity contribution in [2.24, 2.45) is 5.73 Å². The van der Waals surface area contributed by atoms with Crippen molar-refractivity contribution >= 4 is 17.5 Å². The third-order valence-corrected chi connectivity index (χ3v) is 4.30. The van der Waals surface area contributed by atoms with Crippen LogP contribution >= 0.6 is 0 Å². The summed E-state index contributed by atoms with van der Waals surface area (Å²) in [6, 6.07) is 10.7. The smallest absolute Gasteiger partial charge is 0.339 e. The number of methoxy groups -OCH3 is 1. The summed E-state index contributed by atoms with van der Waals surface area (Å²) in [5, 5.41) is 0. The monoisotopic (exact) mass is 373 g/mol. The topological polar surface area (TPSA) is 112 Å². The van der Waals surface area contributed by atoms with Crippen molar-refractivity contribution in [2.75, 3.05) is 7.11 Å². The maximum absolute atomic E-state index is 11.6. The molecule has 0 atom stereocenters. The molecule has 0 saturated carbocycles. The Labute approximate surface area is 159 Å².